The van der Waals surface area contributed by atoms with Crippen LogP contribution in [0.25, 0.3) is 6.08 Å². The summed E-state index contributed by atoms with van der Waals surface area (Å²) in [6.45, 7) is 6.62. The summed E-state index contributed by atoms with van der Waals surface area (Å²) >= 11 is 0. The quantitative estimate of drug-likeness (QED) is 0.651. The summed E-state index contributed by atoms with van der Waals surface area (Å²) in [6, 6.07) is 1.35. The number of amides is 1. The van der Waals surface area contributed by atoms with Crippen molar-refractivity contribution in [1.82, 2.24) is 10.3 Å². The predicted octanol–water partition coefficient (Wildman–Crippen LogP) is 2.12. The van der Waals surface area contributed by atoms with Crippen molar-refractivity contribution in [2.24, 2.45) is 5.92 Å². The molecule has 0 spiro atoms. The highest BCUT2D eigenvalue weighted by atomic mass is 16.6. The van der Waals surface area contributed by atoms with E-state index in [4.69, 9.17) is 5.11 Å². The van der Waals surface area contributed by atoms with E-state index in [0.29, 0.717) is 30.9 Å². The molecule has 0 radical (unpaired) electrons. The van der Waals surface area contributed by atoms with Crippen molar-refractivity contribution < 1.29 is 14.8 Å². The number of aromatic nitrogens is 1. The molecule has 8 heteroatoms. The summed E-state index contributed by atoms with van der Waals surface area (Å²) in [7, 11) is 0. The molecular formula is C14H18N4O4. The Hall–Kier alpha value is -2.64. The molecule has 8 nitrogen and oxygen atoms in total. The van der Waals surface area contributed by atoms with Crippen LogP contribution in [0.2, 0.25) is 0 Å². The molecule has 1 fully saturated rings. The number of carboxylic acid groups (broad SMARTS) is 1. The van der Waals surface area contributed by atoms with Gasteiger partial charge in [0.1, 0.15) is 11.9 Å². The number of hydrogen-bond acceptors (Lipinski definition) is 5. The van der Waals surface area contributed by atoms with Gasteiger partial charge in [0.15, 0.2) is 0 Å². The van der Waals surface area contributed by atoms with Gasteiger partial charge >= 0.3 is 11.8 Å². The van der Waals surface area contributed by atoms with Crippen LogP contribution in [0.15, 0.2) is 18.8 Å². The first kappa shape index (κ1) is 15.7. The van der Waals surface area contributed by atoms with Crippen molar-refractivity contribution in [3.8, 4) is 0 Å². The molecule has 0 aliphatic carbocycles. The Kier molecular flexibility index (Phi) is 4.59. The van der Waals surface area contributed by atoms with Gasteiger partial charge in [-0.25, -0.2) is 9.78 Å². The van der Waals surface area contributed by atoms with Gasteiger partial charge in [-0.1, -0.05) is 13.5 Å². The van der Waals surface area contributed by atoms with E-state index in [1.165, 1.54) is 12.3 Å². The number of nitrogens with one attached hydrogen (secondary N) is 1. The number of nitrogens with zero attached hydrogens (tertiary/aromatic N) is 3. The van der Waals surface area contributed by atoms with Crippen molar-refractivity contribution in [1.29, 1.82) is 0 Å². The fraction of sp³-hybridized carbons (Fsp3) is 0.429. The monoisotopic (exact) mass is 306 g/mol. The van der Waals surface area contributed by atoms with Crippen LogP contribution in [0.5, 0.6) is 0 Å². The van der Waals surface area contributed by atoms with Crippen molar-refractivity contribution in [2.75, 3.05) is 18.0 Å². The molecule has 2 heterocycles. The lowest BCUT2D eigenvalue weighted by atomic mass is 9.95. The van der Waals surface area contributed by atoms with E-state index < -0.39 is 11.0 Å². The fourth-order valence-corrected chi connectivity index (χ4v) is 2.79. The van der Waals surface area contributed by atoms with Crippen LogP contribution in [-0.2, 0) is 0 Å². The first-order valence-corrected chi connectivity index (χ1v) is 6.92. The van der Waals surface area contributed by atoms with Crippen LogP contribution in [0.4, 0.5) is 16.2 Å². The van der Waals surface area contributed by atoms with E-state index in [-0.39, 0.29) is 17.6 Å². The van der Waals surface area contributed by atoms with Gasteiger partial charge in [0.05, 0.1) is 10.6 Å². The van der Waals surface area contributed by atoms with Gasteiger partial charge in [0.25, 0.3) is 0 Å². The molecule has 22 heavy (non-hydrogen) atoms. The second-order valence-corrected chi connectivity index (χ2v) is 5.45. The van der Waals surface area contributed by atoms with Gasteiger partial charge < -0.3 is 15.3 Å². The van der Waals surface area contributed by atoms with Gasteiger partial charge in [-0.2, -0.15) is 0 Å². The van der Waals surface area contributed by atoms with Crippen LogP contribution in [0, 0.1) is 16.0 Å². The third-order valence-electron chi connectivity index (χ3n) is 3.62. The number of anilines is 1. The first-order valence-electron chi connectivity index (χ1n) is 6.92. The van der Waals surface area contributed by atoms with Gasteiger partial charge in [-0.15, -0.1) is 0 Å². The molecule has 1 aromatic rings. The second-order valence-electron chi connectivity index (χ2n) is 5.45. The van der Waals surface area contributed by atoms with Crippen molar-refractivity contribution >= 4 is 23.5 Å². The Balaban J connectivity index is 2.34. The molecule has 118 valence electrons. The molecule has 1 saturated heterocycles. The summed E-state index contributed by atoms with van der Waals surface area (Å²) < 4.78 is 0. The highest BCUT2D eigenvalue weighted by Crippen LogP contribution is 2.31. The van der Waals surface area contributed by atoms with E-state index in [9.17, 15) is 14.9 Å². The van der Waals surface area contributed by atoms with E-state index >= 15 is 0 Å². The third-order valence-corrected chi connectivity index (χ3v) is 3.62. The number of carbonyl (C=O) groups is 1. The lowest BCUT2D eigenvalue weighted by Gasteiger charge is -2.37. The third kappa shape index (κ3) is 3.51. The normalized spacial score (nSPS) is 21.2. The summed E-state index contributed by atoms with van der Waals surface area (Å²) in [5, 5.41) is 22.5. The first-order chi connectivity index (χ1) is 10.4. The average molecular weight is 306 g/mol. The highest BCUT2D eigenvalue weighted by Gasteiger charge is 2.30. The van der Waals surface area contributed by atoms with Crippen LogP contribution in [-0.4, -0.2) is 40.2 Å². The maximum atomic E-state index is 11.2. The molecule has 2 rings (SSSR count). The predicted molar refractivity (Wildman–Crippen MR) is 81.9 cm³/mol. The maximum Gasteiger partial charge on any atom is 0.404 e. The van der Waals surface area contributed by atoms with Gasteiger partial charge in [0.2, 0.25) is 0 Å². The largest absolute Gasteiger partial charge is 0.465 e. The smallest absolute Gasteiger partial charge is 0.404 e. The summed E-state index contributed by atoms with van der Waals surface area (Å²) in [5.41, 5.74) is 0.897. The molecule has 2 atom stereocenters. The van der Waals surface area contributed by atoms with Crippen molar-refractivity contribution in [3.05, 3.63) is 34.7 Å². The van der Waals surface area contributed by atoms with Crippen LogP contribution in [0.3, 0.4) is 0 Å². The van der Waals surface area contributed by atoms with Crippen LogP contribution < -0.4 is 10.2 Å². The zero-order valence-corrected chi connectivity index (χ0v) is 12.2. The number of rotatable bonds is 4. The topological polar surface area (TPSA) is 109 Å². The molecule has 0 bridgehead atoms. The number of pyridine rings is 1. The van der Waals surface area contributed by atoms with Crippen molar-refractivity contribution in [2.45, 2.75) is 19.4 Å². The van der Waals surface area contributed by atoms with E-state index in [2.05, 4.69) is 16.9 Å². The molecule has 0 aromatic carbocycles. The Bertz CT molecular complexity index is 605. The minimum absolute atomic E-state index is 0.0891. The molecular weight excluding hydrogens is 288 g/mol. The number of hydrogen-bond donors (Lipinski definition) is 2. The number of nitro groups is 1. The summed E-state index contributed by atoms with van der Waals surface area (Å²) in [5.74, 6) is 0.213. The highest BCUT2D eigenvalue weighted by molar-refractivity contribution is 5.67. The lowest BCUT2D eigenvalue weighted by Crippen LogP contribution is -2.50. The van der Waals surface area contributed by atoms with Gasteiger partial charge in [0, 0.05) is 19.1 Å². The molecule has 0 unspecified atom stereocenters. The zero-order valence-electron chi connectivity index (χ0n) is 12.2. The molecule has 0 saturated carbocycles. The number of piperidine rings is 1. The Morgan fingerprint density at radius 1 is 1.64 bits per heavy atom. The summed E-state index contributed by atoms with van der Waals surface area (Å²) in [6.07, 6.45) is 2.35. The molecule has 1 aliphatic heterocycles. The zero-order chi connectivity index (χ0) is 16.3. The molecule has 1 aromatic heterocycles. The SMILES string of the molecule is C=Cc1cc(N2C[C@H](C)C[C@H](NC(=O)O)C2)c([N+](=O)[O-])cn1. The van der Waals surface area contributed by atoms with Gasteiger partial charge in [-0.3, -0.25) is 10.1 Å². The average Bonchev–Trinajstić information content (AvgIpc) is 2.45. The summed E-state index contributed by atoms with van der Waals surface area (Å²) in [4.78, 5) is 27.4. The molecule has 1 amide bonds. The molecule has 1 aliphatic rings. The molecule has 2 N–H and O–H groups in total. The lowest BCUT2D eigenvalue weighted by molar-refractivity contribution is -0.384. The fourth-order valence-electron chi connectivity index (χ4n) is 2.79. The minimum atomic E-state index is -1.09. The van der Waals surface area contributed by atoms with Crippen molar-refractivity contribution in [3.63, 3.8) is 0 Å². The van der Waals surface area contributed by atoms with Crippen LogP contribution >= 0.6 is 0 Å². The van der Waals surface area contributed by atoms with E-state index in [1.807, 2.05) is 11.8 Å². The van der Waals surface area contributed by atoms with E-state index in [1.54, 1.807) is 6.07 Å². The maximum absolute atomic E-state index is 11.2. The van der Waals surface area contributed by atoms with Gasteiger partial charge in [-0.05, 0) is 24.5 Å². The second kappa shape index (κ2) is 6.42. The minimum Gasteiger partial charge on any atom is -0.465 e. The Morgan fingerprint density at radius 2 is 2.36 bits per heavy atom. The standard InChI is InChI=1S/C14H18N4O4/c1-3-10-5-12(13(6-15-10)18(21)22)17-7-9(2)4-11(8-17)16-14(19)20/h3,5-6,9,11,16H,1,4,7-8H2,2H3,(H,19,20)/t9-,11+/m1/s1. The Labute approximate surface area is 127 Å². The Morgan fingerprint density at radius 3 is 2.95 bits per heavy atom. The van der Waals surface area contributed by atoms with Crippen LogP contribution in [0.1, 0.15) is 19.0 Å². The van der Waals surface area contributed by atoms with E-state index in [0.717, 1.165) is 0 Å².